The number of para-hydroxylation sites is 1. The van der Waals surface area contributed by atoms with Crippen molar-refractivity contribution in [2.75, 3.05) is 25.0 Å². The third-order valence-corrected chi connectivity index (χ3v) is 4.21. The molecule has 1 aromatic carbocycles. The van der Waals surface area contributed by atoms with Crippen LogP contribution in [-0.2, 0) is 9.59 Å². The van der Waals surface area contributed by atoms with Gasteiger partial charge >= 0.3 is 0 Å². The molecule has 0 spiro atoms. The summed E-state index contributed by atoms with van der Waals surface area (Å²) in [6.07, 6.45) is 3.44. The smallest absolute Gasteiger partial charge is 0.237 e. The molecule has 5 heteroatoms. The predicted octanol–water partition coefficient (Wildman–Crippen LogP) is 2.03. The maximum Gasteiger partial charge on any atom is 0.237 e. The van der Waals surface area contributed by atoms with Gasteiger partial charge in [0.2, 0.25) is 11.8 Å². The van der Waals surface area contributed by atoms with Crippen LogP contribution in [0.2, 0.25) is 0 Å². The zero-order valence-corrected chi connectivity index (χ0v) is 13.6. The molecule has 23 heavy (non-hydrogen) atoms. The van der Waals surface area contributed by atoms with Gasteiger partial charge in [0.15, 0.2) is 0 Å². The van der Waals surface area contributed by atoms with Gasteiger partial charge in [0.25, 0.3) is 0 Å². The number of hydrogen-bond acceptors (Lipinski definition) is 3. The van der Waals surface area contributed by atoms with Gasteiger partial charge in [0.1, 0.15) is 0 Å². The van der Waals surface area contributed by atoms with Crippen LogP contribution in [0.5, 0.6) is 0 Å². The average Bonchev–Trinajstić information content (AvgIpc) is 2.60. The van der Waals surface area contributed by atoms with Gasteiger partial charge in [-0.05, 0) is 38.4 Å². The number of nitrogens with zero attached hydrogens (tertiary/aromatic N) is 1. The zero-order valence-electron chi connectivity index (χ0n) is 13.6. The van der Waals surface area contributed by atoms with E-state index >= 15 is 0 Å². The molecule has 2 rings (SSSR count). The van der Waals surface area contributed by atoms with Crippen LogP contribution < -0.4 is 10.6 Å². The molecule has 0 aliphatic carbocycles. The van der Waals surface area contributed by atoms with Crippen LogP contribution in [0, 0.1) is 5.92 Å². The number of amides is 2. The first kappa shape index (κ1) is 17.2. The summed E-state index contributed by atoms with van der Waals surface area (Å²) in [5.74, 6) is -0.0766. The lowest BCUT2D eigenvalue weighted by molar-refractivity contribution is -0.129. The molecule has 1 saturated heterocycles. The first-order valence-electron chi connectivity index (χ1n) is 8.10. The monoisotopic (exact) mass is 315 g/mol. The van der Waals surface area contributed by atoms with Gasteiger partial charge in [0, 0.05) is 18.8 Å². The molecule has 0 saturated carbocycles. The zero-order chi connectivity index (χ0) is 16.7. The Morgan fingerprint density at radius 3 is 2.83 bits per heavy atom. The number of carbonyl (C=O) groups is 2. The minimum Gasteiger partial charge on any atom is -0.351 e. The fraction of sp³-hybridized carbons (Fsp3) is 0.444. The Labute approximate surface area is 137 Å². The van der Waals surface area contributed by atoms with Crippen LogP contribution in [0.15, 0.2) is 43.0 Å². The van der Waals surface area contributed by atoms with E-state index in [9.17, 15) is 9.59 Å². The van der Waals surface area contributed by atoms with Gasteiger partial charge in [-0.1, -0.05) is 24.3 Å². The summed E-state index contributed by atoms with van der Waals surface area (Å²) >= 11 is 0. The number of piperidine rings is 1. The highest BCUT2D eigenvalue weighted by Crippen LogP contribution is 2.20. The summed E-state index contributed by atoms with van der Waals surface area (Å²) in [4.78, 5) is 26.6. The quantitative estimate of drug-likeness (QED) is 0.790. The Balaban J connectivity index is 1.90. The van der Waals surface area contributed by atoms with Gasteiger partial charge in [-0.3, -0.25) is 14.5 Å². The van der Waals surface area contributed by atoms with Crippen LogP contribution in [-0.4, -0.2) is 42.4 Å². The normalized spacial score (nSPS) is 19.6. The molecule has 1 heterocycles. The van der Waals surface area contributed by atoms with E-state index in [4.69, 9.17) is 0 Å². The van der Waals surface area contributed by atoms with Crippen molar-refractivity contribution in [1.29, 1.82) is 0 Å². The van der Waals surface area contributed by atoms with Gasteiger partial charge in [-0.2, -0.15) is 0 Å². The first-order chi connectivity index (χ1) is 11.1. The summed E-state index contributed by atoms with van der Waals surface area (Å²) in [6.45, 7) is 7.41. The van der Waals surface area contributed by atoms with E-state index in [2.05, 4.69) is 22.1 Å². The van der Waals surface area contributed by atoms with Crippen molar-refractivity contribution in [3.8, 4) is 0 Å². The Hall–Kier alpha value is -2.14. The Bertz CT molecular complexity index is 544. The van der Waals surface area contributed by atoms with Crippen molar-refractivity contribution >= 4 is 17.5 Å². The van der Waals surface area contributed by atoms with Crippen LogP contribution >= 0.6 is 0 Å². The summed E-state index contributed by atoms with van der Waals surface area (Å²) in [7, 11) is 0. The van der Waals surface area contributed by atoms with Crippen molar-refractivity contribution in [2.45, 2.75) is 25.8 Å². The highest BCUT2D eigenvalue weighted by atomic mass is 16.2. The summed E-state index contributed by atoms with van der Waals surface area (Å²) < 4.78 is 0. The molecule has 5 nitrogen and oxygen atoms in total. The van der Waals surface area contributed by atoms with Crippen LogP contribution in [0.4, 0.5) is 5.69 Å². The molecule has 0 bridgehead atoms. The number of likely N-dealkylation sites (tertiary alicyclic amines) is 1. The lowest BCUT2D eigenvalue weighted by atomic mass is 9.95. The fourth-order valence-corrected chi connectivity index (χ4v) is 2.82. The number of rotatable bonds is 6. The SMILES string of the molecule is C=CCNC(=O)C(C)N1CCCC(C(=O)Nc2ccccc2)C1. The molecule has 2 unspecified atom stereocenters. The lowest BCUT2D eigenvalue weighted by Gasteiger charge is -2.35. The van der Waals surface area contributed by atoms with Gasteiger partial charge < -0.3 is 10.6 Å². The van der Waals surface area contributed by atoms with Crippen LogP contribution in [0.1, 0.15) is 19.8 Å². The second-order valence-corrected chi connectivity index (χ2v) is 5.90. The number of hydrogen-bond donors (Lipinski definition) is 2. The maximum atomic E-state index is 12.4. The van der Waals surface area contributed by atoms with Crippen molar-refractivity contribution in [1.82, 2.24) is 10.2 Å². The van der Waals surface area contributed by atoms with E-state index in [1.54, 1.807) is 6.08 Å². The van der Waals surface area contributed by atoms with Crippen LogP contribution in [0.3, 0.4) is 0 Å². The molecule has 1 aliphatic heterocycles. The lowest BCUT2D eigenvalue weighted by Crippen LogP contribution is -2.50. The van der Waals surface area contributed by atoms with Crippen molar-refractivity contribution < 1.29 is 9.59 Å². The van der Waals surface area contributed by atoms with Gasteiger partial charge in [-0.25, -0.2) is 0 Å². The molecule has 124 valence electrons. The number of nitrogens with one attached hydrogen (secondary N) is 2. The molecule has 1 fully saturated rings. The van der Waals surface area contributed by atoms with Crippen molar-refractivity contribution in [3.63, 3.8) is 0 Å². The van der Waals surface area contributed by atoms with Crippen LogP contribution in [0.25, 0.3) is 0 Å². The molecular formula is C18H25N3O2. The minimum atomic E-state index is -0.234. The minimum absolute atomic E-state index is 0.0194. The third-order valence-electron chi connectivity index (χ3n) is 4.21. The van der Waals surface area contributed by atoms with E-state index in [1.165, 1.54) is 0 Å². The molecule has 2 atom stereocenters. The molecule has 1 aliphatic rings. The summed E-state index contributed by atoms with van der Waals surface area (Å²) in [5.41, 5.74) is 0.811. The standard InChI is InChI=1S/C18H25N3O2/c1-3-11-19-17(22)14(2)21-12-7-8-15(13-21)18(23)20-16-9-5-4-6-10-16/h3-6,9-10,14-15H,1,7-8,11-13H2,2H3,(H,19,22)(H,20,23). The van der Waals surface area contributed by atoms with E-state index in [0.717, 1.165) is 25.1 Å². The summed E-state index contributed by atoms with van der Waals surface area (Å²) in [6, 6.07) is 9.24. The van der Waals surface area contributed by atoms with Gasteiger partial charge in [-0.15, -0.1) is 6.58 Å². The number of carbonyl (C=O) groups excluding carboxylic acids is 2. The highest BCUT2D eigenvalue weighted by molar-refractivity contribution is 5.92. The Morgan fingerprint density at radius 2 is 2.13 bits per heavy atom. The fourth-order valence-electron chi connectivity index (χ4n) is 2.82. The molecule has 2 N–H and O–H groups in total. The average molecular weight is 315 g/mol. The van der Waals surface area contributed by atoms with E-state index < -0.39 is 0 Å². The van der Waals surface area contributed by atoms with E-state index in [1.807, 2.05) is 37.3 Å². The Morgan fingerprint density at radius 1 is 1.39 bits per heavy atom. The second-order valence-electron chi connectivity index (χ2n) is 5.90. The molecule has 2 amide bonds. The van der Waals surface area contributed by atoms with Crippen molar-refractivity contribution in [3.05, 3.63) is 43.0 Å². The maximum absolute atomic E-state index is 12.4. The highest BCUT2D eigenvalue weighted by Gasteiger charge is 2.30. The van der Waals surface area contributed by atoms with E-state index in [0.29, 0.717) is 13.1 Å². The molecular weight excluding hydrogens is 290 g/mol. The number of benzene rings is 1. The second kappa shape index (κ2) is 8.48. The van der Waals surface area contributed by atoms with Gasteiger partial charge in [0.05, 0.1) is 12.0 Å². The third kappa shape index (κ3) is 4.93. The molecule has 1 aromatic rings. The van der Waals surface area contributed by atoms with Crippen molar-refractivity contribution in [2.24, 2.45) is 5.92 Å². The Kier molecular flexibility index (Phi) is 6.35. The largest absolute Gasteiger partial charge is 0.351 e. The summed E-state index contributed by atoms with van der Waals surface area (Å²) in [5, 5.41) is 5.77. The first-order valence-corrected chi connectivity index (χ1v) is 8.10. The molecule has 0 radical (unpaired) electrons. The predicted molar refractivity (Wildman–Crippen MR) is 92.0 cm³/mol. The number of anilines is 1. The van der Waals surface area contributed by atoms with E-state index in [-0.39, 0.29) is 23.8 Å². The topological polar surface area (TPSA) is 61.4 Å². The molecule has 0 aromatic heterocycles.